The lowest BCUT2D eigenvalue weighted by Crippen LogP contribution is -2.55. The maximum Gasteiger partial charge on any atom is 0.303 e. The zero-order chi connectivity index (χ0) is 38.0. The van der Waals surface area contributed by atoms with E-state index in [-0.39, 0.29) is 5.91 Å². The van der Waals surface area contributed by atoms with Gasteiger partial charge in [0, 0.05) is 37.6 Å². The van der Waals surface area contributed by atoms with Gasteiger partial charge in [0.1, 0.15) is 44.3 Å². The molecule has 2 heterocycles. The molecule has 1 aliphatic rings. The number of ether oxygens (including phenoxy) is 3. The normalized spacial score (nSPS) is 15.5. The fourth-order valence-electron chi connectivity index (χ4n) is 5.75. The number of aromatic nitrogens is 3. The number of rotatable bonds is 12. The highest BCUT2D eigenvalue weighted by atomic mass is 19.1. The molecule has 1 N–H and O–H groups in total. The topological polar surface area (TPSA) is 150 Å². The van der Waals surface area contributed by atoms with E-state index in [4.69, 9.17) is 14.2 Å². The van der Waals surface area contributed by atoms with Crippen molar-refractivity contribution in [3.05, 3.63) is 114 Å². The number of esters is 3. The summed E-state index contributed by atoms with van der Waals surface area (Å²) >= 11 is 0. The highest BCUT2D eigenvalue weighted by molar-refractivity contribution is 6.03. The van der Waals surface area contributed by atoms with Crippen LogP contribution in [0.5, 0.6) is 0 Å². The number of halogens is 1. The first-order valence-corrected chi connectivity index (χ1v) is 16.7. The maximum absolute atomic E-state index is 13.9. The van der Waals surface area contributed by atoms with Crippen LogP contribution in [0.2, 0.25) is 0 Å². The molecule has 272 valence electrons. The summed E-state index contributed by atoms with van der Waals surface area (Å²) in [6.07, 6.45) is 3.02. The Kier molecular flexibility index (Phi) is 12.4. The van der Waals surface area contributed by atoms with E-state index in [1.807, 2.05) is 36.4 Å². The van der Waals surface area contributed by atoms with Gasteiger partial charge >= 0.3 is 17.9 Å². The van der Waals surface area contributed by atoms with Crippen LogP contribution in [0.15, 0.2) is 85.5 Å². The lowest BCUT2D eigenvalue weighted by Gasteiger charge is -2.48. The summed E-state index contributed by atoms with van der Waals surface area (Å²) in [5, 5.41) is 15.0. The van der Waals surface area contributed by atoms with Crippen LogP contribution < -0.4 is 4.90 Å². The van der Waals surface area contributed by atoms with Crippen LogP contribution in [-0.2, 0) is 39.9 Å². The van der Waals surface area contributed by atoms with E-state index >= 15 is 0 Å². The van der Waals surface area contributed by atoms with Gasteiger partial charge in [0.15, 0.2) is 5.60 Å². The number of anilines is 1. The van der Waals surface area contributed by atoms with Gasteiger partial charge in [0.25, 0.3) is 0 Å². The van der Waals surface area contributed by atoms with Crippen molar-refractivity contribution in [1.29, 1.82) is 0 Å². The Bertz CT molecular complexity index is 2030. The fourth-order valence-corrected chi connectivity index (χ4v) is 5.75. The number of carbonyl (C=O) groups excluding carboxylic acids is 4. The van der Waals surface area contributed by atoms with E-state index in [1.54, 1.807) is 40.2 Å². The summed E-state index contributed by atoms with van der Waals surface area (Å²) in [4.78, 5) is 54.2. The van der Waals surface area contributed by atoms with Crippen molar-refractivity contribution in [3.63, 3.8) is 0 Å². The molecular weight excluding hydrogens is 683 g/mol. The van der Waals surface area contributed by atoms with Gasteiger partial charge in [-0.3, -0.25) is 19.2 Å². The second-order valence-corrected chi connectivity index (χ2v) is 12.4. The summed E-state index contributed by atoms with van der Waals surface area (Å²) in [7, 11) is 0. The summed E-state index contributed by atoms with van der Waals surface area (Å²) in [5.41, 5.74) is 1.41. The van der Waals surface area contributed by atoms with Gasteiger partial charge < -0.3 is 24.2 Å². The highest BCUT2D eigenvalue weighted by Crippen LogP contribution is 2.46. The van der Waals surface area contributed by atoms with Crippen LogP contribution in [0.4, 0.5) is 10.1 Å². The molecule has 4 aromatic rings. The molecule has 1 aromatic heterocycles. The molecule has 1 amide bonds. The molecule has 0 radical (unpaired) electrons. The zero-order valence-electron chi connectivity index (χ0n) is 29.3. The van der Waals surface area contributed by atoms with E-state index in [9.17, 15) is 28.7 Å². The van der Waals surface area contributed by atoms with Crippen molar-refractivity contribution in [2.75, 3.05) is 18.1 Å². The van der Waals surface area contributed by atoms with Crippen LogP contribution in [0.25, 0.3) is 0 Å². The van der Waals surface area contributed by atoms with Crippen molar-refractivity contribution in [2.45, 2.75) is 57.9 Å². The standard InChI is InChI=1S/C40H37FN4O8/c1-27(46)51-23-40(50,24-52-28(2)47)21-20-31-6-10-33(11-7-31)38-36(18-19-37(53-29(3)48)32-12-14-34(41)15-13-32)39(49)45(38)35-16-8-30(9-17-35)5-4-22-44-26-42-25-43-44/h6-17,25-26,36-38,50H,18-19,22-24H2,1-3H3/t36-,37?,38-/m1/s1. The van der Waals surface area contributed by atoms with Crippen molar-refractivity contribution in [3.8, 4) is 23.7 Å². The SMILES string of the molecule is CC(=O)OCC(O)(C#Cc1ccc([C@@H]2[C@@H](CCC(OC(C)=O)c3ccc(F)cc3)C(=O)N2c2ccc(C#CCn3cncn3)cc2)cc1)COC(C)=O. The molecule has 53 heavy (non-hydrogen) atoms. The number of benzene rings is 3. The lowest BCUT2D eigenvalue weighted by molar-refractivity contribution is -0.154. The second kappa shape index (κ2) is 17.3. The van der Waals surface area contributed by atoms with Crippen molar-refractivity contribution < 1.29 is 42.9 Å². The molecule has 1 unspecified atom stereocenters. The third kappa shape index (κ3) is 10.4. The Hall–Kier alpha value is -6.31. The fraction of sp³-hybridized carbons (Fsp3) is 0.300. The number of nitrogens with zero attached hydrogens (tertiary/aromatic N) is 4. The number of hydrogen-bond donors (Lipinski definition) is 1. The van der Waals surface area contributed by atoms with Crippen LogP contribution in [0.1, 0.15) is 68.0 Å². The number of carbonyl (C=O) groups is 4. The molecule has 3 aromatic carbocycles. The van der Waals surface area contributed by atoms with E-state index in [2.05, 4.69) is 33.8 Å². The van der Waals surface area contributed by atoms with E-state index in [0.717, 1.165) is 11.1 Å². The molecule has 0 spiro atoms. The molecular formula is C40H37FN4O8. The molecule has 3 atom stereocenters. The minimum absolute atomic E-state index is 0.120. The van der Waals surface area contributed by atoms with Gasteiger partial charge in [0.05, 0.1) is 12.0 Å². The van der Waals surface area contributed by atoms with Gasteiger partial charge in [-0.05, 0) is 72.5 Å². The van der Waals surface area contributed by atoms with Gasteiger partial charge in [-0.1, -0.05) is 47.9 Å². The Balaban J connectivity index is 1.39. The first kappa shape index (κ1) is 37.9. The van der Waals surface area contributed by atoms with Crippen molar-refractivity contribution in [2.24, 2.45) is 5.92 Å². The molecule has 1 saturated heterocycles. The lowest BCUT2D eigenvalue weighted by atomic mass is 9.78. The third-order valence-electron chi connectivity index (χ3n) is 8.31. The molecule has 1 aliphatic heterocycles. The summed E-state index contributed by atoms with van der Waals surface area (Å²) < 4.78 is 30.7. The number of amides is 1. The van der Waals surface area contributed by atoms with Gasteiger partial charge in [-0.2, -0.15) is 5.10 Å². The Morgan fingerprint density at radius 1 is 0.887 bits per heavy atom. The molecule has 12 nitrogen and oxygen atoms in total. The number of aliphatic hydroxyl groups is 1. The van der Waals surface area contributed by atoms with Gasteiger partial charge in [-0.25, -0.2) is 14.1 Å². The Labute approximate surface area is 305 Å². The predicted molar refractivity (Wildman–Crippen MR) is 189 cm³/mol. The average molecular weight is 721 g/mol. The van der Waals surface area contributed by atoms with Gasteiger partial charge in [0.2, 0.25) is 5.91 Å². The molecule has 13 heteroatoms. The zero-order valence-corrected chi connectivity index (χ0v) is 29.3. The first-order valence-electron chi connectivity index (χ1n) is 16.7. The monoisotopic (exact) mass is 720 g/mol. The number of hydrogen-bond acceptors (Lipinski definition) is 10. The summed E-state index contributed by atoms with van der Waals surface area (Å²) in [6, 6.07) is 19.7. The summed E-state index contributed by atoms with van der Waals surface area (Å²) in [5.74, 6) is 8.85. The second-order valence-electron chi connectivity index (χ2n) is 12.4. The minimum Gasteiger partial charge on any atom is -0.462 e. The van der Waals surface area contributed by atoms with E-state index in [1.165, 1.54) is 39.2 Å². The first-order chi connectivity index (χ1) is 25.4. The van der Waals surface area contributed by atoms with Crippen molar-refractivity contribution in [1.82, 2.24) is 14.8 Å². The van der Waals surface area contributed by atoms with Gasteiger partial charge in [-0.15, -0.1) is 0 Å². The summed E-state index contributed by atoms with van der Waals surface area (Å²) in [6.45, 7) is 3.05. The quantitative estimate of drug-likeness (QED) is 0.0962. The van der Waals surface area contributed by atoms with Crippen LogP contribution in [0, 0.1) is 35.4 Å². The van der Waals surface area contributed by atoms with E-state index in [0.29, 0.717) is 36.2 Å². The van der Waals surface area contributed by atoms with Crippen LogP contribution >= 0.6 is 0 Å². The van der Waals surface area contributed by atoms with Crippen molar-refractivity contribution >= 4 is 29.5 Å². The molecule has 0 saturated carbocycles. The molecule has 5 rings (SSSR count). The minimum atomic E-state index is -1.94. The average Bonchev–Trinajstić information content (AvgIpc) is 3.66. The number of β-lactam (4-membered cyclic amide) rings is 1. The molecule has 0 aliphatic carbocycles. The van der Waals surface area contributed by atoms with E-state index < -0.39 is 60.6 Å². The highest BCUT2D eigenvalue weighted by Gasteiger charge is 2.48. The predicted octanol–water partition coefficient (Wildman–Crippen LogP) is 4.47. The molecule has 0 bridgehead atoms. The smallest absolute Gasteiger partial charge is 0.303 e. The maximum atomic E-state index is 13.9. The molecule has 1 fully saturated rings. The largest absolute Gasteiger partial charge is 0.462 e. The van der Waals surface area contributed by atoms with Crippen LogP contribution in [0.3, 0.4) is 0 Å². The van der Waals surface area contributed by atoms with Crippen LogP contribution in [-0.4, -0.2) is 62.5 Å². The Morgan fingerprint density at radius 3 is 2.09 bits per heavy atom. The Morgan fingerprint density at radius 2 is 1.51 bits per heavy atom. The third-order valence-corrected chi connectivity index (χ3v) is 8.31.